The molecule has 4 heterocycles. The number of fused-ring (bicyclic) bond motifs is 1. The van der Waals surface area contributed by atoms with Crippen molar-refractivity contribution in [2.45, 2.75) is 32.2 Å². The van der Waals surface area contributed by atoms with Crippen molar-refractivity contribution in [3.05, 3.63) is 46.5 Å². The van der Waals surface area contributed by atoms with Crippen LogP contribution in [0.2, 0.25) is 0 Å². The summed E-state index contributed by atoms with van der Waals surface area (Å²) in [5.74, 6) is -2.08. The number of carbonyl (C=O) groups is 4. The maximum absolute atomic E-state index is 12.8. The number of β-lactam (4-membered cyclic amide) rings is 1. The van der Waals surface area contributed by atoms with Crippen molar-refractivity contribution in [3.63, 3.8) is 0 Å². The molecule has 0 aliphatic carbocycles. The molecule has 0 aromatic carbocycles. The van der Waals surface area contributed by atoms with Gasteiger partial charge in [-0.2, -0.15) is 0 Å². The number of carboxylic acids is 1. The van der Waals surface area contributed by atoms with Gasteiger partial charge >= 0.3 is 5.97 Å². The van der Waals surface area contributed by atoms with Crippen LogP contribution in [0.4, 0.5) is 5.13 Å². The minimum Gasteiger partial charge on any atom is -0.477 e. The van der Waals surface area contributed by atoms with Gasteiger partial charge in [0.05, 0.1) is 6.26 Å². The highest BCUT2D eigenvalue weighted by atomic mass is 32.2. The van der Waals surface area contributed by atoms with Crippen molar-refractivity contribution in [1.29, 1.82) is 0 Å². The molecule has 2 aromatic heterocycles. The highest BCUT2D eigenvalue weighted by Gasteiger charge is 2.54. The number of aromatic nitrogens is 1. The van der Waals surface area contributed by atoms with Crippen LogP contribution in [0.1, 0.15) is 37.0 Å². The second-order valence-electron chi connectivity index (χ2n) is 8.48. The topological polar surface area (TPSA) is 181 Å². The lowest BCUT2D eigenvalue weighted by Gasteiger charge is -2.49. The summed E-state index contributed by atoms with van der Waals surface area (Å²) in [6.07, 6.45) is 1.37. The van der Waals surface area contributed by atoms with Gasteiger partial charge in [0, 0.05) is 16.9 Å². The molecule has 4 N–H and O–H groups in total. The third-order valence-corrected chi connectivity index (χ3v) is 9.11. The van der Waals surface area contributed by atoms with Crippen LogP contribution >= 0.6 is 34.9 Å². The van der Waals surface area contributed by atoms with Gasteiger partial charge in [0.15, 0.2) is 16.6 Å². The molecule has 2 aliphatic rings. The van der Waals surface area contributed by atoms with E-state index < -0.39 is 29.2 Å². The fraction of sp³-hybridized carbons (Fsp3) is 0.440. The highest BCUT2D eigenvalue weighted by molar-refractivity contribution is 8.14. The van der Waals surface area contributed by atoms with Crippen LogP contribution < -0.4 is 11.1 Å². The highest BCUT2D eigenvalue weighted by Crippen LogP contribution is 2.41. The fourth-order valence-electron chi connectivity index (χ4n) is 3.99. The van der Waals surface area contributed by atoms with Crippen LogP contribution in [0.25, 0.3) is 0 Å². The maximum atomic E-state index is 12.8. The average Bonchev–Trinajstić information content (AvgIpc) is 3.66. The molecule has 2 amide bonds. The number of thioether (sulfide) groups is 2. The molecule has 0 spiro atoms. The van der Waals surface area contributed by atoms with E-state index in [2.05, 4.69) is 41.1 Å². The van der Waals surface area contributed by atoms with E-state index in [1.165, 1.54) is 56.2 Å². The predicted molar refractivity (Wildman–Crippen MR) is 159 cm³/mol. The summed E-state index contributed by atoms with van der Waals surface area (Å²) in [7, 11) is 1.26. The molecule has 41 heavy (non-hydrogen) atoms. The van der Waals surface area contributed by atoms with Crippen molar-refractivity contribution >= 4 is 68.6 Å². The number of aliphatic carboxylic acids is 1. The van der Waals surface area contributed by atoms with Crippen molar-refractivity contribution in [1.82, 2.24) is 20.1 Å². The number of oxime groups is 1. The van der Waals surface area contributed by atoms with Gasteiger partial charge in [-0.25, -0.2) is 9.78 Å². The second kappa shape index (κ2) is 15.0. The predicted octanol–water partition coefficient (Wildman–Crippen LogP) is 2.33. The van der Waals surface area contributed by atoms with Crippen molar-refractivity contribution in [3.8, 4) is 0 Å². The van der Waals surface area contributed by atoms with Crippen molar-refractivity contribution in [2.75, 3.05) is 44.0 Å². The summed E-state index contributed by atoms with van der Waals surface area (Å²) in [4.78, 5) is 62.0. The number of carbonyl (C=O) groups excluding carboxylic acids is 3. The van der Waals surface area contributed by atoms with Crippen LogP contribution in [-0.2, 0) is 19.2 Å². The van der Waals surface area contributed by atoms with Crippen LogP contribution in [0, 0.1) is 0 Å². The van der Waals surface area contributed by atoms with Crippen LogP contribution in [0.3, 0.4) is 0 Å². The lowest BCUT2D eigenvalue weighted by Crippen LogP contribution is -2.71. The zero-order valence-corrected chi connectivity index (χ0v) is 25.4. The van der Waals surface area contributed by atoms with Gasteiger partial charge in [0.25, 0.3) is 16.9 Å². The molecule has 222 valence electrons. The van der Waals surface area contributed by atoms with Crippen LogP contribution in [-0.4, -0.2) is 98.2 Å². The van der Waals surface area contributed by atoms with E-state index in [0.717, 1.165) is 28.0 Å². The standard InChI is InChI=1S/C19H17N5O7S3.C6H15N/c1-30-23-11(9-7-34-19(20)21-9)14(25)22-12-15(26)24-13(17(27)28)8(5-32-16(12)24)6-33-18(29)10-3-2-4-31-10;1-4-7(5-2)6-3/h2-4,7,12,16H,5-6H2,1H3,(H2,20,21)(H,22,25)(H,27,28);4-6H2,1-3H3/b23-11-;/t12-,16-;/m1./s1. The zero-order chi connectivity index (χ0) is 30.1. The van der Waals surface area contributed by atoms with Crippen LogP contribution in [0.5, 0.6) is 0 Å². The van der Waals surface area contributed by atoms with E-state index in [1.807, 2.05) is 0 Å². The normalized spacial score (nSPS) is 18.3. The first-order valence-corrected chi connectivity index (χ1v) is 15.5. The lowest BCUT2D eigenvalue weighted by molar-refractivity contribution is -0.150. The Labute approximate surface area is 249 Å². The summed E-state index contributed by atoms with van der Waals surface area (Å²) >= 11 is 3.29. The van der Waals surface area contributed by atoms with Gasteiger partial charge in [-0.1, -0.05) is 37.7 Å². The van der Waals surface area contributed by atoms with Gasteiger partial charge in [0.1, 0.15) is 29.9 Å². The molecule has 13 nitrogen and oxygen atoms in total. The quantitative estimate of drug-likeness (QED) is 0.189. The fourth-order valence-corrected chi connectivity index (χ4v) is 6.81. The summed E-state index contributed by atoms with van der Waals surface area (Å²) in [5, 5.41) is 16.8. The molecule has 16 heteroatoms. The smallest absolute Gasteiger partial charge is 0.352 e. The van der Waals surface area contributed by atoms with E-state index in [4.69, 9.17) is 15.0 Å². The number of nitrogens with two attached hydrogens (primary N) is 1. The summed E-state index contributed by atoms with van der Waals surface area (Å²) in [5.41, 5.74) is 5.89. The molecule has 0 saturated carbocycles. The Balaban J connectivity index is 0.000000587. The average molecular weight is 625 g/mol. The zero-order valence-electron chi connectivity index (χ0n) is 23.0. The molecule has 4 rings (SSSR count). The van der Waals surface area contributed by atoms with E-state index in [9.17, 15) is 24.3 Å². The number of rotatable bonds is 11. The van der Waals surface area contributed by atoms with Gasteiger partial charge in [-0.3, -0.25) is 19.3 Å². The Morgan fingerprint density at radius 1 is 1.32 bits per heavy atom. The van der Waals surface area contributed by atoms with Crippen LogP contribution in [0.15, 0.2) is 44.6 Å². The summed E-state index contributed by atoms with van der Waals surface area (Å²) < 4.78 is 5.05. The lowest BCUT2D eigenvalue weighted by atomic mass is 10.0. The number of nitrogens with zero attached hydrogens (tertiary/aromatic N) is 4. The Bertz CT molecular complexity index is 1300. The number of hydrogen-bond acceptors (Lipinski definition) is 13. The molecule has 0 radical (unpaired) electrons. The number of thiazole rings is 1. The number of hydrogen-bond donors (Lipinski definition) is 3. The summed E-state index contributed by atoms with van der Waals surface area (Å²) in [6.45, 7) is 10.1. The second-order valence-corrected chi connectivity index (χ2v) is 11.4. The number of furan rings is 1. The SMILES string of the molecule is CCN(CC)CC.CO/N=C(\C(=O)N[C@@H]1C(=O)N2C(C(=O)O)=C(CSC(=O)c3ccco3)CS[C@H]12)c1csc(N)n1. The Kier molecular flexibility index (Phi) is 11.8. The monoisotopic (exact) mass is 624 g/mol. The third kappa shape index (κ3) is 7.69. The number of carboxylic acid groups (broad SMARTS) is 1. The van der Waals surface area contributed by atoms with E-state index in [-0.39, 0.29) is 44.6 Å². The molecule has 0 unspecified atom stereocenters. The Hall–Kier alpha value is -3.34. The van der Waals surface area contributed by atoms with Crippen molar-refractivity contribution < 1.29 is 33.5 Å². The third-order valence-electron chi connectivity index (χ3n) is 6.14. The molecule has 1 saturated heterocycles. The molecule has 0 bridgehead atoms. The number of anilines is 1. The maximum Gasteiger partial charge on any atom is 0.352 e. The largest absolute Gasteiger partial charge is 0.477 e. The number of nitrogens with one attached hydrogen (secondary N) is 1. The first-order chi connectivity index (χ1) is 19.7. The minimum atomic E-state index is -1.29. The van der Waals surface area contributed by atoms with Gasteiger partial charge in [0.2, 0.25) is 0 Å². The van der Waals surface area contributed by atoms with Crippen molar-refractivity contribution in [2.24, 2.45) is 5.16 Å². The Morgan fingerprint density at radius 3 is 2.54 bits per heavy atom. The number of nitrogen functional groups attached to an aromatic ring is 1. The van der Waals surface area contributed by atoms with Gasteiger partial charge in [-0.05, 0) is 37.3 Å². The Morgan fingerprint density at radius 2 is 2.02 bits per heavy atom. The van der Waals surface area contributed by atoms with Gasteiger partial charge in [-0.15, -0.1) is 23.1 Å². The van der Waals surface area contributed by atoms with E-state index >= 15 is 0 Å². The molecular formula is C25H32N6O7S3. The molecule has 2 aliphatic heterocycles. The molecular weight excluding hydrogens is 593 g/mol. The van der Waals surface area contributed by atoms with E-state index in [1.54, 1.807) is 6.07 Å². The molecule has 1 fully saturated rings. The minimum absolute atomic E-state index is 0.0809. The number of amides is 2. The molecule has 2 atom stereocenters. The van der Waals surface area contributed by atoms with Gasteiger partial charge < -0.3 is 30.3 Å². The first-order valence-electron chi connectivity index (χ1n) is 12.6. The van der Waals surface area contributed by atoms with E-state index in [0.29, 0.717) is 5.57 Å². The first kappa shape index (κ1) is 32.2. The summed E-state index contributed by atoms with van der Waals surface area (Å²) in [6, 6.07) is 2.13. The molecule has 2 aromatic rings.